The van der Waals surface area contributed by atoms with Crippen LogP contribution in [0, 0.1) is 0 Å². The molecule has 0 fully saturated rings. The van der Waals surface area contributed by atoms with Gasteiger partial charge >= 0.3 is 12.3 Å². The molecule has 1 unspecified atom stereocenters. The molecular formula is C11H10F6O. The van der Waals surface area contributed by atoms with Gasteiger partial charge in [0, 0.05) is 0 Å². The second-order valence-electron chi connectivity index (χ2n) is 3.55. The SMILES string of the molecule is FC(C(F)(F)F)C(F)(F)OCCc1ccccc1. The van der Waals surface area contributed by atoms with Gasteiger partial charge in [-0.2, -0.15) is 22.0 Å². The highest BCUT2D eigenvalue weighted by Crippen LogP contribution is 2.35. The van der Waals surface area contributed by atoms with Gasteiger partial charge in [0.2, 0.25) is 0 Å². The van der Waals surface area contributed by atoms with Gasteiger partial charge in [-0.05, 0) is 12.0 Å². The van der Waals surface area contributed by atoms with E-state index in [0.717, 1.165) is 0 Å². The highest BCUT2D eigenvalue weighted by molar-refractivity contribution is 5.14. The number of alkyl halides is 6. The molecule has 0 spiro atoms. The minimum atomic E-state index is -5.64. The van der Waals surface area contributed by atoms with Crippen molar-refractivity contribution in [1.29, 1.82) is 0 Å². The van der Waals surface area contributed by atoms with Crippen LogP contribution in [-0.4, -0.2) is 25.1 Å². The zero-order valence-electron chi connectivity index (χ0n) is 9.05. The summed E-state index contributed by atoms with van der Waals surface area (Å²) in [4.78, 5) is 0. The Hall–Kier alpha value is -1.24. The highest BCUT2D eigenvalue weighted by Gasteiger charge is 2.58. The second-order valence-corrected chi connectivity index (χ2v) is 3.55. The summed E-state index contributed by atoms with van der Waals surface area (Å²) >= 11 is 0. The first-order valence-electron chi connectivity index (χ1n) is 5.00. The van der Waals surface area contributed by atoms with Gasteiger partial charge in [-0.3, -0.25) is 0 Å². The maximum absolute atomic E-state index is 12.7. The number of rotatable bonds is 5. The van der Waals surface area contributed by atoms with Crippen LogP contribution in [0.2, 0.25) is 0 Å². The van der Waals surface area contributed by atoms with Crippen LogP contribution in [0.15, 0.2) is 30.3 Å². The lowest BCUT2D eigenvalue weighted by Gasteiger charge is -2.22. The Balaban J connectivity index is 2.47. The average molecular weight is 272 g/mol. The molecule has 0 radical (unpaired) electrons. The Bertz CT molecular complexity index is 362. The molecular weight excluding hydrogens is 262 g/mol. The summed E-state index contributed by atoms with van der Waals surface area (Å²) in [6.45, 7) is -0.701. The van der Waals surface area contributed by atoms with Crippen LogP contribution in [0.1, 0.15) is 5.56 Å². The zero-order valence-corrected chi connectivity index (χ0v) is 9.05. The molecule has 0 aliphatic rings. The summed E-state index contributed by atoms with van der Waals surface area (Å²) < 4.78 is 76.8. The maximum Gasteiger partial charge on any atom is 0.428 e. The molecule has 102 valence electrons. The predicted molar refractivity (Wildman–Crippen MR) is 52.0 cm³/mol. The fraction of sp³-hybridized carbons (Fsp3) is 0.455. The van der Waals surface area contributed by atoms with Crippen molar-refractivity contribution in [1.82, 2.24) is 0 Å². The topological polar surface area (TPSA) is 9.23 Å². The van der Waals surface area contributed by atoms with E-state index in [1.807, 2.05) is 0 Å². The van der Waals surface area contributed by atoms with Gasteiger partial charge in [0.15, 0.2) is 0 Å². The summed E-state index contributed by atoms with van der Waals surface area (Å²) in [6.07, 6.45) is -14.9. The van der Waals surface area contributed by atoms with Crippen molar-refractivity contribution in [3.63, 3.8) is 0 Å². The van der Waals surface area contributed by atoms with E-state index in [1.54, 1.807) is 30.3 Å². The van der Waals surface area contributed by atoms with Crippen LogP contribution < -0.4 is 0 Å². The first-order valence-corrected chi connectivity index (χ1v) is 5.00. The average Bonchev–Trinajstić information content (AvgIpc) is 2.28. The van der Waals surface area contributed by atoms with E-state index >= 15 is 0 Å². The van der Waals surface area contributed by atoms with Crippen LogP contribution in [0.5, 0.6) is 0 Å². The Morgan fingerprint density at radius 2 is 1.56 bits per heavy atom. The van der Waals surface area contributed by atoms with Crippen molar-refractivity contribution >= 4 is 0 Å². The monoisotopic (exact) mass is 272 g/mol. The van der Waals surface area contributed by atoms with Crippen molar-refractivity contribution in [2.45, 2.75) is 24.9 Å². The largest absolute Gasteiger partial charge is 0.428 e. The Morgan fingerprint density at radius 3 is 2.06 bits per heavy atom. The molecule has 0 aliphatic heterocycles. The lowest BCUT2D eigenvalue weighted by Crippen LogP contribution is -2.43. The lowest BCUT2D eigenvalue weighted by molar-refractivity contribution is -0.335. The summed E-state index contributed by atoms with van der Waals surface area (Å²) in [5.41, 5.74) is 0.607. The highest BCUT2D eigenvalue weighted by atomic mass is 19.4. The van der Waals surface area contributed by atoms with Crippen molar-refractivity contribution in [3.05, 3.63) is 35.9 Å². The van der Waals surface area contributed by atoms with Gasteiger partial charge in [0.1, 0.15) is 0 Å². The predicted octanol–water partition coefficient (Wildman–Crippen LogP) is 3.74. The van der Waals surface area contributed by atoms with Crippen molar-refractivity contribution < 1.29 is 31.1 Å². The van der Waals surface area contributed by atoms with E-state index in [9.17, 15) is 26.3 Å². The van der Waals surface area contributed by atoms with Gasteiger partial charge in [-0.15, -0.1) is 0 Å². The van der Waals surface area contributed by atoms with Crippen LogP contribution in [0.3, 0.4) is 0 Å². The van der Waals surface area contributed by atoms with Gasteiger partial charge in [0.05, 0.1) is 6.61 Å². The van der Waals surface area contributed by atoms with E-state index < -0.39 is 25.1 Å². The fourth-order valence-corrected chi connectivity index (χ4v) is 1.21. The molecule has 0 saturated heterocycles. The van der Waals surface area contributed by atoms with Crippen molar-refractivity contribution in [2.75, 3.05) is 6.61 Å². The third-order valence-electron chi connectivity index (χ3n) is 2.11. The van der Waals surface area contributed by atoms with Crippen molar-refractivity contribution in [2.24, 2.45) is 0 Å². The molecule has 18 heavy (non-hydrogen) atoms. The molecule has 1 nitrogen and oxygen atoms in total. The van der Waals surface area contributed by atoms with Gasteiger partial charge in [-0.1, -0.05) is 30.3 Å². The van der Waals surface area contributed by atoms with Gasteiger partial charge in [-0.25, -0.2) is 4.39 Å². The van der Waals surface area contributed by atoms with Crippen LogP contribution in [0.4, 0.5) is 26.3 Å². The second kappa shape index (κ2) is 5.60. The Morgan fingerprint density at radius 1 is 1.00 bits per heavy atom. The molecule has 1 aromatic carbocycles. The third-order valence-corrected chi connectivity index (χ3v) is 2.11. The number of benzene rings is 1. The summed E-state index contributed by atoms with van der Waals surface area (Å²) in [6, 6.07) is 8.17. The summed E-state index contributed by atoms with van der Waals surface area (Å²) in [5, 5.41) is 0. The Labute approximate surface area is 99.4 Å². The standard InChI is InChI=1S/C11H10F6O/c12-9(10(13,14)15)11(16,17)18-7-6-8-4-2-1-3-5-8/h1-5,9H,6-7H2. The smallest absolute Gasteiger partial charge is 0.318 e. The molecule has 0 bridgehead atoms. The van der Waals surface area contributed by atoms with Crippen LogP contribution in [-0.2, 0) is 11.2 Å². The third kappa shape index (κ3) is 4.21. The molecule has 1 aromatic rings. The zero-order chi connectivity index (χ0) is 13.8. The van der Waals surface area contributed by atoms with Crippen LogP contribution in [0.25, 0.3) is 0 Å². The van der Waals surface area contributed by atoms with E-state index in [1.165, 1.54) is 0 Å². The van der Waals surface area contributed by atoms with Crippen molar-refractivity contribution in [3.8, 4) is 0 Å². The van der Waals surface area contributed by atoms with Crippen LogP contribution >= 0.6 is 0 Å². The minimum Gasteiger partial charge on any atom is -0.318 e. The van der Waals surface area contributed by atoms with E-state index in [-0.39, 0.29) is 6.42 Å². The van der Waals surface area contributed by atoms with E-state index in [2.05, 4.69) is 4.74 Å². The summed E-state index contributed by atoms with van der Waals surface area (Å²) in [7, 11) is 0. The number of hydrogen-bond acceptors (Lipinski definition) is 1. The quantitative estimate of drug-likeness (QED) is 0.742. The number of hydrogen-bond donors (Lipinski definition) is 0. The molecule has 0 N–H and O–H groups in total. The normalized spacial score (nSPS) is 14.6. The minimum absolute atomic E-state index is 0.0268. The molecule has 0 aromatic heterocycles. The van der Waals surface area contributed by atoms with Gasteiger partial charge in [0.25, 0.3) is 6.17 Å². The first kappa shape index (κ1) is 14.8. The fourth-order valence-electron chi connectivity index (χ4n) is 1.21. The molecule has 0 saturated carbocycles. The lowest BCUT2D eigenvalue weighted by atomic mass is 10.2. The molecule has 0 aliphatic carbocycles. The number of ether oxygens (including phenoxy) is 1. The number of halogens is 6. The maximum atomic E-state index is 12.7. The molecule has 1 rings (SSSR count). The molecule has 7 heteroatoms. The molecule has 1 atom stereocenters. The molecule has 0 heterocycles. The van der Waals surface area contributed by atoms with E-state index in [0.29, 0.717) is 5.56 Å². The van der Waals surface area contributed by atoms with E-state index in [4.69, 9.17) is 0 Å². The van der Waals surface area contributed by atoms with Gasteiger partial charge < -0.3 is 4.74 Å². The first-order chi connectivity index (χ1) is 8.23. The molecule has 0 amide bonds. The Kier molecular flexibility index (Phi) is 4.61. The summed E-state index contributed by atoms with van der Waals surface area (Å²) in [5.74, 6) is 0.